The van der Waals surface area contributed by atoms with Gasteiger partial charge in [0.05, 0.1) is 33.8 Å². The number of hydrogen-bond donors (Lipinski definition) is 2. The lowest BCUT2D eigenvalue weighted by Gasteiger charge is -2.08. The van der Waals surface area contributed by atoms with Gasteiger partial charge in [0.25, 0.3) is 5.91 Å². The lowest BCUT2D eigenvalue weighted by Crippen LogP contribution is -2.33. The number of amides is 2. The predicted molar refractivity (Wildman–Crippen MR) is 129 cm³/mol. The molecule has 3 N–H and O–H groups in total. The second-order valence-electron chi connectivity index (χ2n) is 8.46. The third-order valence-corrected chi connectivity index (χ3v) is 6.58. The summed E-state index contributed by atoms with van der Waals surface area (Å²) >= 11 is 1.47. The van der Waals surface area contributed by atoms with Gasteiger partial charge in [0.1, 0.15) is 0 Å². The number of thiophene rings is 1. The van der Waals surface area contributed by atoms with Gasteiger partial charge in [-0.2, -0.15) is 18.3 Å². The molecule has 0 aliphatic rings. The van der Waals surface area contributed by atoms with Gasteiger partial charge in [-0.05, 0) is 35.1 Å². The molecule has 0 unspecified atom stereocenters. The van der Waals surface area contributed by atoms with Crippen molar-refractivity contribution in [1.82, 2.24) is 15.1 Å². The van der Waals surface area contributed by atoms with Crippen LogP contribution in [0.15, 0.2) is 54.7 Å². The largest absolute Gasteiger partial charge is 0.416 e. The molecule has 2 amide bonds. The van der Waals surface area contributed by atoms with E-state index in [2.05, 4.69) is 10.4 Å². The lowest BCUT2D eigenvalue weighted by atomic mass is 10.1. The Balaban J connectivity index is 1.69. The fourth-order valence-electron chi connectivity index (χ4n) is 3.80. The zero-order chi connectivity index (χ0) is 25.3. The maximum absolute atomic E-state index is 13.1. The second-order valence-corrected chi connectivity index (χ2v) is 9.60. The number of nitrogens with one attached hydrogen (secondary N) is 1. The van der Waals surface area contributed by atoms with E-state index in [0.717, 1.165) is 26.7 Å². The zero-order valence-corrected chi connectivity index (χ0v) is 19.8. The molecule has 2 aromatic heterocycles. The van der Waals surface area contributed by atoms with Gasteiger partial charge >= 0.3 is 6.18 Å². The van der Waals surface area contributed by atoms with Crippen LogP contribution in [0.5, 0.6) is 0 Å². The third kappa shape index (κ3) is 5.37. The maximum atomic E-state index is 13.1. The van der Waals surface area contributed by atoms with Crippen LogP contribution in [0.1, 0.15) is 51.8 Å². The molecular formula is C25H23F3N4O2S. The van der Waals surface area contributed by atoms with Crippen molar-refractivity contribution >= 4 is 33.2 Å². The van der Waals surface area contributed by atoms with Crippen molar-refractivity contribution in [2.75, 3.05) is 6.54 Å². The van der Waals surface area contributed by atoms with E-state index in [1.54, 1.807) is 16.9 Å². The number of alkyl halides is 3. The van der Waals surface area contributed by atoms with Crippen molar-refractivity contribution in [1.29, 1.82) is 0 Å². The zero-order valence-electron chi connectivity index (χ0n) is 19.0. The monoisotopic (exact) mass is 500 g/mol. The van der Waals surface area contributed by atoms with Crippen LogP contribution < -0.4 is 11.1 Å². The van der Waals surface area contributed by atoms with Crippen LogP contribution in [-0.4, -0.2) is 28.1 Å². The average molecular weight is 501 g/mol. The van der Waals surface area contributed by atoms with Gasteiger partial charge in [-0.3, -0.25) is 9.59 Å². The number of nitrogens with zero attached hydrogens (tertiary/aromatic N) is 2. The number of carbonyl (C=O) groups excluding carboxylic acids is 2. The van der Waals surface area contributed by atoms with Crippen LogP contribution in [0.2, 0.25) is 0 Å². The van der Waals surface area contributed by atoms with Gasteiger partial charge < -0.3 is 11.1 Å². The van der Waals surface area contributed by atoms with Crippen LogP contribution in [0.3, 0.4) is 0 Å². The van der Waals surface area contributed by atoms with Crippen LogP contribution >= 0.6 is 11.3 Å². The molecule has 4 aromatic rings. The summed E-state index contributed by atoms with van der Waals surface area (Å²) in [7, 11) is 0. The van der Waals surface area contributed by atoms with Gasteiger partial charge in [-0.1, -0.05) is 44.2 Å². The van der Waals surface area contributed by atoms with Gasteiger partial charge in [-0.25, -0.2) is 4.68 Å². The van der Waals surface area contributed by atoms with Crippen molar-refractivity contribution in [3.63, 3.8) is 0 Å². The minimum atomic E-state index is -4.39. The Morgan fingerprint density at radius 3 is 2.57 bits per heavy atom. The SMILES string of the molecule is CC(C)c1nn(-c2cccc3cc(Cc4cccc(C(F)(F)F)c4)sc23)cc1C(=O)NCC(N)=O. The molecule has 0 radical (unpaired) electrons. The first kappa shape index (κ1) is 24.5. The summed E-state index contributed by atoms with van der Waals surface area (Å²) in [5.74, 6) is -1.14. The fourth-order valence-corrected chi connectivity index (χ4v) is 5.00. The molecule has 0 saturated heterocycles. The molecule has 2 aromatic carbocycles. The highest BCUT2D eigenvalue weighted by molar-refractivity contribution is 7.19. The summed E-state index contributed by atoms with van der Waals surface area (Å²) in [6.07, 6.45) is -2.41. The highest BCUT2D eigenvalue weighted by Gasteiger charge is 2.30. The molecular weight excluding hydrogens is 477 g/mol. The second kappa shape index (κ2) is 9.53. The van der Waals surface area contributed by atoms with Gasteiger partial charge in [0.2, 0.25) is 5.91 Å². The molecule has 35 heavy (non-hydrogen) atoms. The summed E-state index contributed by atoms with van der Waals surface area (Å²) in [5.41, 5.74) is 6.70. The smallest absolute Gasteiger partial charge is 0.368 e. The molecule has 0 aliphatic heterocycles. The molecule has 182 valence electrons. The molecule has 6 nitrogen and oxygen atoms in total. The Morgan fingerprint density at radius 1 is 1.14 bits per heavy atom. The van der Waals surface area contributed by atoms with Crippen molar-refractivity contribution in [3.05, 3.63) is 82.0 Å². The number of hydrogen-bond acceptors (Lipinski definition) is 4. The first-order chi connectivity index (χ1) is 16.5. The third-order valence-electron chi connectivity index (χ3n) is 5.41. The highest BCUT2D eigenvalue weighted by Crippen LogP contribution is 2.34. The minimum absolute atomic E-state index is 0.0513. The number of benzene rings is 2. The minimum Gasteiger partial charge on any atom is -0.368 e. The molecule has 2 heterocycles. The van der Waals surface area contributed by atoms with Crippen molar-refractivity contribution in [3.8, 4) is 5.69 Å². The van der Waals surface area contributed by atoms with Crippen LogP contribution in [0, 0.1) is 0 Å². The average Bonchev–Trinajstić information content (AvgIpc) is 3.41. The molecule has 0 aliphatic carbocycles. The summed E-state index contributed by atoms with van der Waals surface area (Å²) in [6, 6.07) is 12.9. The van der Waals surface area contributed by atoms with Crippen LogP contribution in [0.4, 0.5) is 13.2 Å². The Hall–Kier alpha value is -3.66. The molecule has 0 bridgehead atoms. The van der Waals surface area contributed by atoms with E-state index in [-0.39, 0.29) is 12.5 Å². The molecule has 0 spiro atoms. The molecule has 0 atom stereocenters. The van der Waals surface area contributed by atoms with Gasteiger partial charge in [-0.15, -0.1) is 11.3 Å². The normalized spacial score (nSPS) is 11.8. The summed E-state index contributed by atoms with van der Waals surface area (Å²) in [6.45, 7) is 3.55. The van der Waals surface area contributed by atoms with E-state index in [1.807, 2.05) is 38.1 Å². The Labute approximate surface area is 203 Å². The summed E-state index contributed by atoms with van der Waals surface area (Å²) in [4.78, 5) is 24.6. The van der Waals surface area contributed by atoms with Crippen LogP contribution in [0.25, 0.3) is 15.8 Å². The predicted octanol–water partition coefficient (Wildman–Crippen LogP) is 5.04. The number of carbonyl (C=O) groups is 2. The Bertz CT molecular complexity index is 1410. The highest BCUT2D eigenvalue weighted by atomic mass is 32.1. The quantitative estimate of drug-likeness (QED) is 0.373. The van der Waals surface area contributed by atoms with E-state index < -0.39 is 23.6 Å². The number of primary amides is 1. The Morgan fingerprint density at radius 2 is 1.89 bits per heavy atom. The Kier molecular flexibility index (Phi) is 6.66. The van der Waals surface area contributed by atoms with Gasteiger partial charge in [0, 0.05) is 17.5 Å². The van der Waals surface area contributed by atoms with Crippen molar-refractivity contribution in [2.45, 2.75) is 32.4 Å². The van der Waals surface area contributed by atoms with E-state index in [4.69, 9.17) is 5.73 Å². The van der Waals surface area contributed by atoms with E-state index >= 15 is 0 Å². The van der Waals surface area contributed by atoms with Crippen LogP contribution in [-0.2, 0) is 17.4 Å². The molecule has 4 rings (SSSR count). The topological polar surface area (TPSA) is 90.0 Å². The molecule has 0 saturated carbocycles. The first-order valence-electron chi connectivity index (χ1n) is 10.9. The lowest BCUT2D eigenvalue weighted by molar-refractivity contribution is -0.137. The van der Waals surface area contributed by atoms with E-state index in [1.165, 1.54) is 23.5 Å². The number of nitrogens with two attached hydrogens (primary N) is 1. The van der Waals surface area contributed by atoms with E-state index in [9.17, 15) is 22.8 Å². The van der Waals surface area contributed by atoms with Gasteiger partial charge in [0.15, 0.2) is 0 Å². The first-order valence-corrected chi connectivity index (χ1v) is 11.7. The summed E-state index contributed by atoms with van der Waals surface area (Å²) < 4.78 is 41.8. The van der Waals surface area contributed by atoms with E-state index in [0.29, 0.717) is 23.2 Å². The molecule has 0 fully saturated rings. The number of halogens is 3. The molecule has 10 heteroatoms. The van der Waals surface area contributed by atoms with Crippen molar-refractivity contribution < 1.29 is 22.8 Å². The number of rotatable bonds is 7. The fraction of sp³-hybridized carbons (Fsp3) is 0.240. The summed E-state index contributed by atoms with van der Waals surface area (Å²) in [5, 5.41) is 8.06. The standard InChI is InChI=1S/C25H23F3N4O2S/c1-14(2)22-19(24(34)30-12-21(29)33)13-32(31-22)20-8-4-6-16-11-18(35-23(16)20)10-15-5-3-7-17(9-15)25(26,27)28/h3-9,11,13-14H,10,12H2,1-2H3,(H2,29,33)(H,30,34). The number of aromatic nitrogens is 2. The number of fused-ring (bicyclic) bond motifs is 1. The van der Waals surface area contributed by atoms with Crippen molar-refractivity contribution in [2.24, 2.45) is 5.73 Å². The maximum Gasteiger partial charge on any atom is 0.416 e.